The van der Waals surface area contributed by atoms with Gasteiger partial charge in [0.15, 0.2) is 0 Å². The molecule has 1 heterocycles. The van der Waals surface area contributed by atoms with Crippen LogP contribution in [0.2, 0.25) is 0 Å². The van der Waals surface area contributed by atoms with E-state index in [0.29, 0.717) is 0 Å². The molecular weight excluding hydrogens is 251 g/mol. The average Bonchev–Trinajstić information content (AvgIpc) is 2.37. The summed E-state index contributed by atoms with van der Waals surface area (Å²) >= 11 is 0. The van der Waals surface area contributed by atoms with E-state index in [9.17, 15) is 4.39 Å². The molecular formula is C17H25FN2. The molecule has 0 saturated heterocycles. The topological polar surface area (TPSA) is 29.3 Å². The van der Waals surface area contributed by atoms with Crippen molar-refractivity contribution >= 4 is 5.69 Å². The Morgan fingerprint density at radius 2 is 2.00 bits per heavy atom. The summed E-state index contributed by atoms with van der Waals surface area (Å²) in [4.78, 5) is 2.29. The zero-order valence-electron chi connectivity index (χ0n) is 12.9. The Bertz CT molecular complexity index is 512. The van der Waals surface area contributed by atoms with Gasteiger partial charge in [0.25, 0.3) is 0 Å². The van der Waals surface area contributed by atoms with E-state index < -0.39 is 0 Å². The molecule has 0 radical (unpaired) electrons. The number of hydrogen-bond acceptors (Lipinski definition) is 2. The fraction of sp³-hybridized carbons (Fsp3) is 0.529. The number of hydrogen-bond donors (Lipinski definition) is 1. The molecule has 0 bridgehead atoms. The predicted octanol–water partition coefficient (Wildman–Crippen LogP) is 4.03. The van der Waals surface area contributed by atoms with Gasteiger partial charge in [0.1, 0.15) is 5.82 Å². The Morgan fingerprint density at radius 1 is 1.30 bits per heavy atom. The molecule has 1 aromatic carbocycles. The van der Waals surface area contributed by atoms with Crippen molar-refractivity contribution in [2.75, 3.05) is 18.0 Å². The summed E-state index contributed by atoms with van der Waals surface area (Å²) in [6, 6.07) is 4.77. The number of benzene rings is 1. The Morgan fingerprint density at radius 3 is 2.50 bits per heavy atom. The summed E-state index contributed by atoms with van der Waals surface area (Å²) in [6.45, 7) is 10.5. The van der Waals surface area contributed by atoms with E-state index in [-0.39, 0.29) is 17.3 Å². The molecule has 0 aliphatic carbocycles. The van der Waals surface area contributed by atoms with Gasteiger partial charge in [-0.2, -0.15) is 0 Å². The predicted molar refractivity (Wildman–Crippen MR) is 83.4 cm³/mol. The van der Waals surface area contributed by atoms with E-state index in [1.165, 1.54) is 11.6 Å². The van der Waals surface area contributed by atoms with Gasteiger partial charge in [0.2, 0.25) is 0 Å². The van der Waals surface area contributed by atoms with Crippen LogP contribution < -0.4 is 10.6 Å². The molecule has 1 atom stereocenters. The average molecular weight is 276 g/mol. The van der Waals surface area contributed by atoms with E-state index in [1.807, 2.05) is 13.0 Å². The maximum Gasteiger partial charge on any atom is 0.123 e. The van der Waals surface area contributed by atoms with Crippen LogP contribution >= 0.6 is 0 Å². The zero-order valence-corrected chi connectivity index (χ0v) is 12.9. The minimum Gasteiger partial charge on any atom is -0.367 e. The van der Waals surface area contributed by atoms with E-state index in [0.717, 1.165) is 30.8 Å². The molecule has 2 rings (SSSR count). The van der Waals surface area contributed by atoms with E-state index in [2.05, 4.69) is 31.7 Å². The van der Waals surface area contributed by atoms with Gasteiger partial charge in [0.05, 0.1) is 0 Å². The Balaban J connectivity index is 2.25. The van der Waals surface area contributed by atoms with Gasteiger partial charge in [0, 0.05) is 24.8 Å². The van der Waals surface area contributed by atoms with Crippen molar-refractivity contribution in [1.29, 1.82) is 0 Å². The lowest BCUT2D eigenvalue weighted by atomic mass is 9.83. The van der Waals surface area contributed by atoms with Crippen molar-refractivity contribution in [2.45, 2.75) is 40.2 Å². The van der Waals surface area contributed by atoms with Crippen molar-refractivity contribution in [3.8, 4) is 0 Å². The summed E-state index contributed by atoms with van der Waals surface area (Å²) in [7, 11) is 0. The van der Waals surface area contributed by atoms with Crippen LogP contribution in [-0.4, -0.2) is 13.1 Å². The van der Waals surface area contributed by atoms with Crippen LogP contribution in [0.5, 0.6) is 0 Å². The molecule has 0 amide bonds. The molecule has 1 aliphatic rings. The van der Waals surface area contributed by atoms with Crippen LogP contribution in [0.1, 0.15) is 45.7 Å². The van der Waals surface area contributed by atoms with Gasteiger partial charge in [-0.05, 0) is 42.5 Å². The number of rotatable bonds is 2. The highest BCUT2D eigenvalue weighted by Gasteiger charge is 2.23. The molecule has 0 aromatic heterocycles. The second-order valence-corrected chi connectivity index (χ2v) is 6.67. The molecule has 20 heavy (non-hydrogen) atoms. The number of anilines is 1. The lowest BCUT2D eigenvalue weighted by Crippen LogP contribution is -2.32. The molecule has 0 unspecified atom stereocenters. The number of nitrogens with two attached hydrogens (primary N) is 1. The van der Waals surface area contributed by atoms with Crippen LogP contribution in [0.15, 0.2) is 29.8 Å². The highest BCUT2D eigenvalue weighted by molar-refractivity contribution is 5.56. The monoisotopic (exact) mass is 276 g/mol. The normalized spacial score (nSPS) is 17.9. The van der Waals surface area contributed by atoms with Crippen LogP contribution in [0.4, 0.5) is 10.1 Å². The molecule has 1 aliphatic heterocycles. The largest absolute Gasteiger partial charge is 0.367 e. The molecule has 3 heteroatoms. The van der Waals surface area contributed by atoms with Gasteiger partial charge >= 0.3 is 0 Å². The van der Waals surface area contributed by atoms with Gasteiger partial charge in [-0.3, -0.25) is 0 Å². The summed E-state index contributed by atoms with van der Waals surface area (Å²) in [5.74, 6) is -0.219. The SMILES string of the molecule is C[C@@H](N)c1cc(F)ccc1N1CC=C(C(C)(C)C)CC1. The second kappa shape index (κ2) is 5.57. The number of nitrogens with zero attached hydrogens (tertiary/aromatic N) is 1. The fourth-order valence-electron chi connectivity index (χ4n) is 2.75. The maximum atomic E-state index is 13.4. The minimum absolute atomic E-state index is 0.159. The lowest BCUT2D eigenvalue weighted by molar-refractivity contribution is 0.472. The van der Waals surface area contributed by atoms with Crippen LogP contribution in [0.3, 0.4) is 0 Å². The maximum absolute atomic E-state index is 13.4. The Hall–Kier alpha value is -1.35. The molecule has 1 aromatic rings. The molecule has 110 valence electrons. The smallest absolute Gasteiger partial charge is 0.123 e. The van der Waals surface area contributed by atoms with Crippen molar-refractivity contribution < 1.29 is 4.39 Å². The summed E-state index contributed by atoms with van der Waals surface area (Å²) in [5, 5.41) is 0. The first-order valence-electron chi connectivity index (χ1n) is 7.28. The highest BCUT2D eigenvalue weighted by atomic mass is 19.1. The van der Waals surface area contributed by atoms with Gasteiger partial charge in [-0.1, -0.05) is 32.4 Å². The summed E-state index contributed by atoms with van der Waals surface area (Å²) < 4.78 is 13.4. The minimum atomic E-state index is -0.219. The first-order chi connectivity index (χ1) is 9.29. The van der Waals surface area contributed by atoms with Crippen LogP contribution in [0.25, 0.3) is 0 Å². The molecule has 2 N–H and O–H groups in total. The summed E-state index contributed by atoms with van der Waals surface area (Å²) in [6.07, 6.45) is 3.36. The van der Waals surface area contributed by atoms with Crippen molar-refractivity contribution in [3.05, 3.63) is 41.2 Å². The van der Waals surface area contributed by atoms with Gasteiger partial charge in [-0.25, -0.2) is 4.39 Å². The van der Waals surface area contributed by atoms with Gasteiger partial charge in [-0.15, -0.1) is 0 Å². The molecule has 0 spiro atoms. The van der Waals surface area contributed by atoms with E-state index >= 15 is 0 Å². The summed E-state index contributed by atoms with van der Waals surface area (Å²) in [5.41, 5.74) is 9.66. The third-order valence-electron chi connectivity index (χ3n) is 3.99. The van der Waals surface area contributed by atoms with E-state index in [4.69, 9.17) is 5.73 Å². The zero-order chi connectivity index (χ0) is 14.9. The van der Waals surface area contributed by atoms with Crippen molar-refractivity contribution in [1.82, 2.24) is 0 Å². The Kier molecular flexibility index (Phi) is 4.19. The van der Waals surface area contributed by atoms with Crippen molar-refractivity contribution in [2.24, 2.45) is 11.1 Å². The number of halogens is 1. The fourth-order valence-corrected chi connectivity index (χ4v) is 2.75. The molecule has 0 fully saturated rings. The third kappa shape index (κ3) is 3.21. The lowest BCUT2D eigenvalue weighted by Gasteiger charge is -2.34. The first-order valence-corrected chi connectivity index (χ1v) is 7.28. The Labute approximate surface area is 121 Å². The first kappa shape index (κ1) is 15.0. The molecule has 0 saturated carbocycles. The van der Waals surface area contributed by atoms with Gasteiger partial charge < -0.3 is 10.6 Å². The second-order valence-electron chi connectivity index (χ2n) is 6.67. The third-order valence-corrected chi connectivity index (χ3v) is 3.99. The standard InChI is InChI=1S/C17H25FN2/c1-12(19)15-11-14(18)5-6-16(15)20-9-7-13(8-10-20)17(2,3)4/h5-7,11-12H,8-10,19H2,1-4H3/t12-/m1/s1. The van der Waals surface area contributed by atoms with Crippen LogP contribution in [-0.2, 0) is 0 Å². The quantitative estimate of drug-likeness (QED) is 0.826. The molecule has 2 nitrogen and oxygen atoms in total. The highest BCUT2D eigenvalue weighted by Crippen LogP contribution is 2.33. The van der Waals surface area contributed by atoms with Crippen LogP contribution in [0, 0.1) is 11.2 Å². The van der Waals surface area contributed by atoms with Crippen molar-refractivity contribution in [3.63, 3.8) is 0 Å². The van der Waals surface area contributed by atoms with E-state index in [1.54, 1.807) is 6.07 Å².